The molecule has 1 aromatic carbocycles. The highest BCUT2D eigenvalue weighted by molar-refractivity contribution is 7.89. The van der Waals surface area contributed by atoms with Gasteiger partial charge in [0, 0.05) is 13.1 Å². The molecule has 2 rings (SSSR count). The lowest BCUT2D eigenvalue weighted by molar-refractivity contribution is 0.113. The molecule has 1 saturated heterocycles. The van der Waals surface area contributed by atoms with Crippen molar-refractivity contribution in [1.82, 2.24) is 4.31 Å². The Morgan fingerprint density at radius 2 is 1.45 bits per heavy atom. The van der Waals surface area contributed by atoms with Crippen molar-refractivity contribution in [2.75, 3.05) is 13.1 Å². The predicted octanol–water partition coefficient (Wildman–Crippen LogP) is -0.521. The van der Waals surface area contributed by atoms with Crippen LogP contribution in [0.2, 0.25) is 0 Å². The first-order valence-corrected chi connectivity index (χ1v) is 9.01. The number of primary sulfonamides is 1. The van der Waals surface area contributed by atoms with Gasteiger partial charge in [0.15, 0.2) is 0 Å². The van der Waals surface area contributed by atoms with E-state index in [2.05, 4.69) is 0 Å². The van der Waals surface area contributed by atoms with Crippen LogP contribution in [0, 0.1) is 0 Å². The zero-order valence-corrected chi connectivity index (χ0v) is 12.3. The van der Waals surface area contributed by atoms with E-state index >= 15 is 0 Å². The molecule has 0 spiro atoms. The SMILES string of the molecule is NS(=O)(=O)c1ccc(S(=O)(=O)N2CCC(O)CC2)cc1. The Hall–Kier alpha value is -1.00. The third kappa shape index (κ3) is 3.18. The van der Waals surface area contributed by atoms with Crippen LogP contribution in [0.5, 0.6) is 0 Å². The van der Waals surface area contributed by atoms with Gasteiger partial charge >= 0.3 is 0 Å². The van der Waals surface area contributed by atoms with Crippen LogP contribution >= 0.6 is 0 Å². The standard InChI is InChI=1S/C11H16N2O5S2/c12-19(15,16)10-1-3-11(4-2-10)20(17,18)13-7-5-9(14)6-8-13/h1-4,9,14H,5-8H2,(H2,12,15,16). The van der Waals surface area contributed by atoms with Gasteiger partial charge in [-0.15, -0.1) is 0 Å². The van der Waals surface area contributed by atoms with Crippen molar-refractivity contribution >= 4 is 20.0 Å². The number of piperidine rings is 1. The number of hydrogen-bond acceptors (Lipinski definition) is 5. The van der Waals surface area contributed by atoms with Crippen LogP contribution in [0.3, 0.4) is 0 Å². The molecule has 0 aromatic heterocycles. The van der Waals surface area contributed by atoms with Crippen LogP contribution in [-0.2, 0) is 20.0 Å². The number of rotatable bonds is 3. The number of nitrogens with zero attached hydrogens (tertiary/aromatic N) is 1. The van der Waals surface area contributed by atoms with Gasteiger partial charge in [0.1, 0.15) is 0 Å². The summed E-state index contributed by atoms with van der Waals surface area (Å²) in [4.78, 5) is -0.119. The summed E-state index contributed by atoms with van der Waals surface area (Å²) in [6, 6.07) is 4.78. The Kier molecular flexibility index (Phi) is 4.17. The van der Waals surface area contributed by atoms with E-state index in [-0.39, 0.29) is 22.9 Å². The number of nitrogens with two attached hydrogens (primary N) is 1. The third-order valence-electron chi connectivity index (χ3n) is 3.21. The van der Waals surface area contributed by atoms with Crippen LogP contribution in [0.1, 0.15) is 12.8 Å². The quantitative estimate of drug-likeness (QED) is 0.777. The number of hydrogen-bond donors (Lipinski definition) is 2. The van der Waals surface area contributed by atoms with Gasteiger partial charge in [-0.1, -0.05) is 0 Å². The zero-order chi connectivity index (χ0) is 15.0. The Bertz CT molecular complexity index is 674. The normalized spacial score (nSPS) is 19.1. The summed E-state index contributed by atoms with van der Waals surface area (Å²) >= 11 is 0. The maximum absolute atomic E-state index is 12.3. The molecule has 112 valence electrons. The summed E-state index contributed by atoms with van der Waals surface area (Å²) in [5.41, 5.74) is 0. The van der Waals surface area contributed by atoms with Crippen molar-refractivity contribution in [3.63, 3.8) is 0 Å². The molecule has 1 aliphatic rings. The smallest absolute Gasteiger partial charge is 0.243 e. The van der Waals surface area contributed by atoms with Crippen LogP contribution in [0.15, 0.2) is 34.1 Å². The molecule has 1 aliphatic heterocycles. The van der Waals surface area contributed by atoms with Crippen molar-refractivity contribution in [2.45, 2.75) is 28.7 Å². The van der Waals surface area contributed by atoms with Crippen molar-refractivity contribution in [3.8, 4) is 0 Å². The van der Waals surface area contributed by atoms with Crippen molar-refractivity contribution in [3.05, 3.63) is 24.3 Å². The zero-order valence-electron chi connectivity index (χ0n) is 10.6. The van der Waals surface area contributed by atoms with E-state index in [9.17, 15) is 21.9 Å². The summed E-state index contributed by atoms with van der Waals surface area (Å²) in [5, 5.41) is 14.3. The number of aliphatic hydroxyl groups excluding tert-OH is 1. The minimum atomic E-state index is -3.84. The van der Waals surface area contributed by atoms with Gasteiger partial charge < -0.3 is 5.11 Å². The third-order valence-corrected chi connectivity index (χ3v) is 6.06. The Labute approximate surface area is 118 Å². The van der Waals surface area contributed by atoms with E-state index in [1.807, 2.05) is 0 Å². The summed E-state index contributed by atoms with van der Waals surface area (Å²) < 4.78 is 48.2. The summed E-state index contributed by atoms with van der Waals surface area (Å²) in [7, 11) is -7.50. The highest BCUT2D eigenvalue weighted by atomic mass is 32.2. The minimum absolute atomic E-state index is 0.0151. The Morgan fingerprint density at radius 1 is 1.00 bits per heavy atom. The fraction of sp³-hybridized carbons (Fsp3) is 0.455. The maximum atomic E-state index is 12.3. The van der Waals surface area contributed by atoms with Crippen LogP contribution in [0.4, 0.5) is 0 Å². The summed E-state index contributed by atoms with van der Waals surface area (Å²) in [5.74, 6) is 0. The first-order chi connectivity index (χ1) is 9.21. The first kappa shape index (κ1) is 15.4. The van der Waals surface area contributed by atoms with E-state index < -0.39 is 26.2 Å². The molecule has 0 saturated carbocycles. The molecule has 9 heteroatoms. The lowest BCUT2D eigenvalue weighted by atomic mass is 10.1. The van der Waals surface area contributed by atoms with Gasteiger partial charge in [0.25, 0.3) is 0 Å². The van der Waals surface area contributed by atoms with Gasteiger partial charge in [0.05, 0.1) is 15.9 Å². The summed E-state index contributed by atoms with van der Waals surface area (Å²) in [6.45, 7) is 0.501. The van der Waals surface area contributed by atoms with Gasteiger partial charge in [-0.3, -0.25) is 0 Å². The average Bonchev–Trinajstić information content (AvgIpc) is 2.38. The maximum Gasteiger partial charge on any atom is 0.243 e. The molecule has 0 amide bonds. The minimum Gasteiger partial charge on any atom is -0.393 e. The van der Waals surface area contributed by atoms with Crippen LogP contribution in [-0.4, -0.2) is 45.4 Å². The molecule has 0 unspecified atom stereocenters. The lowest BCUT2D eigenvalue weighted by Gasteiger charge is -2.28. The fourth-order valence-corrected chi connectivity index (χ4v) is 4.02. The monoisotopic (exact) mass is 320 g/mol. The molecule has 7 nitrogen and oxygen atoms in total. The van der Waals surface area contributed by atoms with Gasteiger partial charge in [-0.05, 0) is 37.1 Å². The number of sulfonamides is 2. The fourth-order valence-electron chi connectivity index (χ4n) is 2.03. The van der Waals surface area contributed by atoms with E-state index in [1.165, 1.54) is 28.6 Å². The van der Waals surface area contributed by atoms with E-state index in [1.54, 1.807) is 0 Å². The van der Waals surface area contributed by atoms with Crippen LogP contribution < -0.4 is 5.14 Å². The largest absolute Gasteiger partial charge is 0.393 e. The molecular weight excluding hydrogens is 304 g/mol. The highest BCUT2D eigenvalue weighted by Crippen LogP contribution is 2.21. The number of benzene rings is 1. The molecule has 1 heterocycles. The predicted molar refractivity (Wildman–Crippen MR) is 71.8 cm³/mol. The van der Waals surface area contributed by atoms with Gasteiger partial charge in [0.2, 0.25) is 20.0 Å². The molecule has 0 bridgehead atoms. The van der Waals surface area contributed by atoms with E-state index in [0.717, 1.165) is 0 Å². The molecule has 0 aliphatic carbocycles. The second-order valence-corrected chi connectivity index (χ2v) is 8.15. The molecule has 0 atom stereocenters. The van der Waals surface area contributed by atoms with Gasteiger partial charge in [-0.25, -0.2) is 22.0 Å². The molecule has 20 heavy (non-hydrogen) atoms. The van der Waals surface area contributed by atoms with Crippen molar-refractivity contribution in [2.24, 2.45) is 5.14 Å². The molecule has 0 radical (unpaired) electrons. The highest BCUT2D eigenvalue weighted by Gasteiger charge is 2.28. The van der Waals surface area contributed by atoms with Gasteiger partial charge in [-0.2, -0.15) is 4.31 Å². The van der Waals surface area contributed by atoms with E-state index in [4.69, 9.17) is 5.14 Å². The second kappa shape index (κ2) is 5.41. The van der Waals surface area contributed by atoms with Crippen LogP contribution in [0.25, 0.3) is 0 Å². The first-order valence-electron chi connectivity index (χ1n) is 6.02. The topological polar surface area (TPSA) is 118 Å². The lowest BCUT2D eigenvalue weighted by Crippen LogP contribution is -2.39. The Morgan fingerprint density at radius 3 is 1.90 bits per heavy atom. The number of aliphatic hydroxyl groups is 1. The Balaban J connectivity index is 2.26. The van der Waals surface area contributed by atoms with E-state index in [0.29, 0.717) is 12.8 Å². The second-order valence-electron chi connectivity index (χ2n) is 4.65. The molecule has 3 N–H and O–H groups in total. The van der Waals surface area contributed by atoms with Crippen molar-refractivity contribution in [1.29, 1.82) is 0 Å². The molecule has 1 fully saturated rings. The molecular formula is C11H16N2O5S2. The van der Waals surface area contributed by atoms with Crippen molar-refractivity contribution < 1.29 is 21.9 Å². The average molecular weight is 320 g/mol. The summed E-state index contributed by atoms with van der Waals surface area (Å²) in [6.07, 6.45) is 0.328. The molecule has 1 aromatic rings.